The van der Waals surface area contributed by atoms with Crippen molar-refractivity contribution in [1.82, 2.24) is 14.9 Å². The number of pyridine rings is 2. The van der Waals surface area contributed by atoms with Gasteiger partial charge in [-0.15, -0.1) is 23.1 Å². The monoisotopic (exact) mass is 473 g/mol. The van der Waals surface area contributed by atoms with Gasteiger partial charge in [-0.25, -0.2) is 0 Å². The van der Waals surface area contributed by atoms with Crippen LogP contribution in [0.1, 0.15) is 43.0 Å². The van der Waals surface area contributed by atoms with Crippen LogP contribution in [0, 0.1) is 13.8 Å². The van der Waals surface area contributed by atoms with Gasteiger partial charge in [0.2, 0.25) is 0 Å². The van der Waals surface area contributed by atoms with Crippen molar-refractivity contribution in [1.29, 1.82) is 0 Å². The van der Waals surface area contributed by atoms with E-state index in [1.165, 1.54) is 10.4 Å². The maximum atomic E-state index is 13.4. The van der Waals surface area contributed by atoms with Crippen LogP contribution in [-0.2, 0) is 13.0 Å². The highest BCUT2D eigenvalue weighted by Crippen LogP contribution is 2.46. The SMILES string of the molecule is Cc1ccsc1C1Cc2c(C(=O)NCc3cccnc3)c(=O)cc(C)n2-c2ccccc2S1. The molecule has 166 valence electrons. The fourth-order valence-corrected chi connectivity index (χ4v) is 6.81. The number of hydrogen-bond acceptors (Lipinski definition) is 5. The topological polar surface area (TPSA) is 64.0 Å². The Kier molecular flexibility index (Phi) is 5.91. The lowest BCUT2D eigenvalue weighted by Crippen LogP contribution is -2.32. The number of hydrogen-bond donors (Lipinski definition) is 1. The van der Waals surface area contributed by atoms with Crippen LogP contribution in [0.5, 0.6) is 0 Å². The number of carbonyl (C=O) groups is 1. The minimum Gasteiger partial charge on any atom is -0.348 e. The van der Waals surface area contributed by atoms with Crippen LogP contribution in [0.3, 0.4) is 0 Å². The van der Waals surface area contributed by atoms with Crippen LogP contribution >= 0.6 is 23.1 Å². The van der Waals surface area contributed by atoms with Crippen LogP contribution in [0.15, 0.2) is 76.0 Å². The molecule has 5 rings (SSSR count). The number of para-hydroxylation sites is 1. The zero-order chi connectivity index (χ0) is 22.9. The zero-order valence-electron chi connectivity index (χ0n) is 18.4. The molecular weight excluding hydrogens is 450 g/mol. The summed E-state index contributed by atoms with van der Waals surface area (Å²) in [6.45, 7) is 4.37. The fraction of sp³-hybridized carbons (Fsp3) is 0.192. The van der Waals surface area contributed by atoms with Gasteiger partial charge in [-0.1, -0.05) is 18.2 Å². The summed E-state index contributed by atoms with van der Waals surface area (Å²) < 4.78 is 2.09. The highest BCUT2D eigenvalue weighted by Gasteiger charge is 2.30. The molecule has 5 nitrogen and oxygen atoms in total. The molecule has 0 saturated carbocycles. The fourth-order valence-electron chi connectivity index (χ4n) is 4.31. The molecule has 7 heteroatoms. The third kappa shape index (κ3) is 4.14. The molecule has 1 amide bonds. The molecule has 1 atom stereocenters. The van der Waals surface area contributed by atoms with E-state index in [4.69, 9.17) is 0 Å². The number of nitrogens with one attached hydrogen (secondary N) is 1. The van der Waals surface area contributed by atoms with E-state index in [-0.39, 0.29) is 22.1 Å². The largest absolute Gasteiger partial charge is 0.348 e. The van der Waals surface area contributed by atoms with Gasteiger partial charge in [-0.3, -0.25) is 14.6 Å². The first kappa shape index (κ1) is 21.7. The van der Waals surface area contributed by atoms with Gasteiger partial charge in [0, 0.05) is 57.8 Å². The van der Waals surface area contributed by atoms with Gasteiger partial charge in [-0.05, 0) is 54.6 Å². The predicted molar refractivity (Wildman–Crippen MR) is 134 cm³/mol. The van der Waals surface area contributed by atoms with E-state index in [2.05, 4.69) is 45.4 Å². The first-order chi connectivity index (χ1) is 16.0. The summed E-state index contributed by atoms with van der Waals surface area (Å²) in [5, 5.41) is 5.16. The number of aromatic nitrogens is 2. The lowest BCUT2D eigenvalue weighted by molar-refractivity contribution is 0.0948. The number of nitrogens with zero attached hydrogens (tertiary/aromatic N) is 2. The Morgan fingerprint density at radius 2 is 2.03 bits per heavy atom. The van der Waals surface area contributed by atoms with E-state index in [0.29, 0.717) is 13.0 Å². The molecule has 1 unspecified atom stereocenters. The number of amides is 1. The quantitative estimate of drug-likeness (QED) is 0.441. The van der Waals surface area contributed by atoms with Crippen molar-refractivity contribution in [3.8, 4) is 5.69 Å². The number of thioether (sulfide) groups is 1. The molecule has 0 saturated heterocycles. The molecular formula is C26H23N3O2S2. The summed E-state index contributed by atoms with van der Waals surface area (Å²) in [6, 6.07) is 15.6. The lowest BCUT2D eigenvalue weighted by Gasteiger charge is -2.20. The van der Waals surface area contributed by atoms with Crippen LogP contribution < -0.4 is 10.7 Å². The molecule has 33 heavy (non-hydrogen) atoms. The van der Waals surface area contributed by atoms with Crippen LogP contribution in [-0.4, -0.2) is 15.5 Å². The van der Waals surface area contributed by atoms with E-state index in [1.54, 1.807) is 41.6 Å². The summed E-state index contributed by atoms with van der Waals surface area (Å²) >= 11 is 3.53. The van der Waals surface area contributed by atoms with Gasteiger partial charge in [0.15, 0.2) is 5.43 Å². The van der Waals surface area contributed by atoms with Crippen molar-refractivity contribution in [2.75, 3.05) is 0 Å². The normalized spacial score (nSPS) is 14.8. The minimum atomic E-state index is -0.348. The van der Waals surface area contributed by atoms with Crippen molar-refractivity contribution < 1.29 is 4.79 Å². The van der Waals surface area contributed by atoms with E-state index >= 15 is 0 Å². The summed E-state index contributed by atoms with van der Waals surface area (Å²) in [7, 11) is 0. The number of rotatable bonds is 4. The number of fused-ring (bicyclic) bond motifs is 3. The number of benzene rings is 1. The van der Waals surface area contributed by atoms with Gasteiger partial charge >= 0.3 is 0 Å². The Balaban J connectivity index is 1.64. The van der Waals surface area contributed by atoms with E-state index in [9.17, 15) is 9.59 Å². The van der Waals surface area contributed by atoms with Gasteiger partial charge in [0.25, 0.3) is 5.91 Å². The second kappa shape index (κ2) is 9.00. The smallest absolute Gasteiger partial charge is 0.257 e. The van der Waals surface area contributed by atoms with Crippen LogP contribution in [0.4, 0.5) is 0 Å². The molecule has 0 bridgehead atoms. The van der Waals surface area contributed by atoms with Crippen molar-refractivity contribution in [2.45, 2.75) is 37.0 Å². The van der Waals surface area contributed by atoms with Crippen molar-refractivity contribution in [3.05, 3.63) is 109 Å². The Bertz CT molecular complexity index is 1390. The summed E-state index contributed by atoms with van der Waals surface area (Å²) in [5.41, 5.74) is 4.70. The van der Waals surface area contributed by atoms with Crippen LogP contribution in [0.25, 0.3) is 5.69 Å². The Labute approximate surface area is 200 Å². The summed E-state index contributed by atoms with van der Waals surface area (Å²) in [5.74, 6) is -0.348. The first-order valence-electron chi connectivity index (χ1n) is 10.8. The average Bonchev–Trinajstić information content (AvgIpc) is 3.16. The third-order valence-corrected chi connectivity index (χ3v) is 8.42. The van der Waals surface area contributed by atoms with E-state index < -0.39 is 0 Å². The second-order valence-electron chi connectivity index (χ2n) is 8.10. The van der Waals surface area contributed by atoms with Crippen molar-refractivity contribution in [3.63, 3.8) is 0 Å². The van der Waals surface area contributed by atoms with E-state index in [1.807, 2.05) is 31.2 Å². The Morgan fingerprint density at radius 3 is 2.79 bits per heavy atom. The van der Waals surface area contributed by atoms with Gasteiger partial charge in [-0.2, -0.15) is 0 Å². The number of carbonyl (C=O) groups excluding carboxylic acids is 1. The molecule has 1 aliphatic heterocycles. The predicted octanol–water partition coefficient (Wildman–Crippen LogP) is 5.23. The molecule has 0 aliphatic carbocycles. The maximum Gasteiger partial charge on any atom is 0.257 e. The minimum absolute atomic E-state index is 0.117. The molecule has 4 heterocycles. The lowest BCUT2D eigenvalue weighted by atomic mass is 10.0. The Hall–Kier alpha value is -3.16. The highest BCUT2D eigenvalue weighted by atomic mass is 32.2. The molecule has 1 aromatic carbocycles. The molecule has 0 spiro atoms. The highest BCUT2D eigenvalue weighted by molar-refractivity contribution is 7.99. The van der Waals surface area contributed by atoms with Gasteiger partial charge in [0.1, 0.15) is 5.56 Å². The molecule has 1 N–H and O–H groups in total. The Morgan fingerprint density at radius 1 is 1.18 bits per heavy atom. The van der Waals surface area contributed by atoms with Crippen molar-refractivity contribution >= 4 is 29.0 Å². The van der Waals surface area contributed by atoms with E-state index in [0.717, 1.165) is 27.5 Å². The molecule has 1 aliphatic rings. The molecule has 0 radical (unpaired) electrons. The molecule has 0 fully saturated rings. The van der Waals surface area contributed by atoms with Crippen molar-refractivity contribution in [2.24, 2.45) is 0 Å². The molecule has 3 aromatic heterocycles. The summed E-state index contributed by atoms with van der Waals surface area (Å²) in [4.78, 5) is 33.0. The second-order valence-corrected chi connectivity index (χ2v) is 10.3. The third-order valence-electron chi connectivity index (χ3n) is 5.85. The number of aryl methyl sites for hydroxylation is 2. The van der Waals surface area contributed by atoms with Gasteiger partial charge < -0.3 is 9.88 Å². The average molecular weight is 474 g/mol. The van der Waals surface area contributed by atoms with Crippen LogP contribution in [0.2, 0.25) is 0 Å². The zero-order valence-corrected chi connectivity index (χ0v) is 20.0. The standard InChI is InChI=1S/C26H23N3O2S2/c1-16-9-11-32-25(16)23-13-20-24(26(31)28-15-18-6-5-10-27-14-18)21(30)12-17(2)29(20)19-7-3-4-8-22(19)33-23/h3-12,14,23H,13,15H2,1-2H3,(H,28,31). The maximum absolute atomic E-state index is 13.4. The van der Waals surface area contributed by atoms with Gasteiger partial charge in [0.05, 0.1) is 5.69 Å². The molecule has 4 aromatic rings. The summed E-state index contributed by atoms with van der Waals surface area (Å²) in [6.07, 6.45) is 4.00. The first-order valence-corrected chi connectivity index (χ1v) is 12.5. The number of thiophene rings is 1.